The Kier molecular flexibility index (Phi) is 5.03. The second-order valence-corrected chi connectivity index (χ2v) is 8.31. The number of hydrogen-bond acceptors (Lipinski definition) is 5. The number of rotatable bonds is 5. The Morgan fingerprint density at radius 1 is 1.10 bits per heavy atom. The van der Waals surface area contributed by atoms with E-state index in [1.807, 2.05) is 0 Å². The summed E-state index contributed by atoms with van der Waals surface area (Å²) in [5.74, 6) is -1.10. The number of anilines is 1. The highest BCUT2D eigenvalue weighted by molar-refractivity contribution is 7.15. The van der Waals surface area contributed by atoms with Gasteiger partial charge in [-0.1, -0.05) is 35.6 Å². The summed E-state index contributed by atoms with van der Waals surface area (Å²) in [4.78, 5) is 12.9. The SMILES string of the molecule is O=C(Nc1nnc(Cc2cccc(F)c2)s1)c1nn(-c2ccccc2F)c2c1CCC2. The summed E-state index contributed by atoms with van der Waals surface area (Å²) in [5, 5.41) is 16.3. The summed E-state index contributed by atoms with van der Waals surface area (Å²) in [6.45, 7) is 0. The topological polar surface area (TPSA) is 72.7 Å². The lowest BCUT2D eigenvalue weighted by atomic mass is 10.1. The van der Waals surface area contributed by atoms with Crippen LogP contribution in [0, 0.1) is 11.6 Å². The third-order valence-electron chi connectivity index (χ3n) is 5.16. The molecular weight excluding hydrogens is 420 g/mol. The van der Waals surface area contributed by atoms with E-state index in [9.17, 15) is 13.6 Å². The molecule has 0 spiro atoms. The van der Waals surface area contributed by atoms with Gasteiger partial charge in [-0.15, -0.1) is 10.2 Å². The quantitative estimate of drug-likeness (QED) is 0.504. The van der Waals surface area contributed by atoms with E-state index in [-0.39, 0.29) is 11.5 Å². The number of aromatic nitrogens is 4. The van der Waals surface area contributed by atoms with Crippen LogP contribution in [0.5, 0.6) is 0 Å². The van der Waals surface area contributed by atoms with Crippen LogP contribution in [0.4, 0.5) is 13.9 Å². The number of benzene rings is 2. The zero-order valence-corrected chi connectivity index (χ0v) is 17.1. The van der Waals surface area contributed by atoms with Gasteiger partial charge in [-0.05, 0) is 49.1 Å². The minimum atomic E-state index is -0.401. The molecule has 0 bridgehead atoms. The van der Waals surface area contributed by atoms with Crippen LogP contribution in [-0.2, 0) is 19.3 Å². The van der Waals surface area contributed by atoms with E-state index in [0.29, 0.717) is 28.7 Å². The first-order chi connectivity index (χ1) is 15.1. The van der Waals surface area contributed by atoms with Crippen LogP contribution in [0.1, 0.15) is 38.7 Å². The van der Waals surface area contributed by atoms with Crippen molar-refractivity contribution in [3.63, 3.8) is 0 Å². The van der Waals surface area contributed by atoms with Crippen LogP contribution in [0.2, 0.25) is 0 Å². The van der Waals surface area contributed by atoms with Gasteiger partial charge in [-0.3, -0.25) is 10.1 Å². The standard InChI is InChI=1S/C22H17F2N5OS/c23-14-6-3-5-13(11-14)12-19-26-27-22(31-19)25-21(30)20-15-7-4-10-17(15)29(28-20)18-9-2-1-8-16(18)24/h1-3,5-6,8-9,11H,4,7,10,12H2,(H,25,27,30). The first kappa shape index (κ1) is 19.5. The van der Waals surface area contributed by atoms with E-state index >= 15 is 0 Å². The van der Waals surface area contributed by atoms with Gasteiger partial charge < -0.3 is 0 Å². The molecule has 5 rings (SSSR count). The molecule has 0 radical (unpaired) electrons. The summed E-state index contributed by atoms with van der Waals surface area (Å²) in [5.41, 5.74) is 3.07. The smallest absolute Gasteiger partial charge is 0.278 e. The Labute approximate surface area is 180 Å². The molecule has 0 saturated carbocycles. The molecule has 156 valence electrons. The molecule has 0 atom stereocenters. The minimum Gasteiger partial charge on any atom is -0.295 e. The van der Waals surface area contributed by atoms with Crippen molar-refractivity contribution in [1.29, 1.82) is 0 Å². The third kappa shape index (κ3) is 3.84. The highest BCUT2D eigenvalue weighted by Gasteiger charge is 2.28. The lowest BCUT2D eigenvalue weighted by Gasteiger charge is -2.06. The highest BCUT2D eigenvalue weighted by atomic mass is 32.1. The van der Waals surface area contributed by atoms with Crippen molar-refractivity contribution in [1.82, 2.24) is 20.0 Å². The predicted molar refractivity (Wildman–Crippen MR) is 113 cm³/mol. The van der Waals surface area contributed by atoms with Crippen LogP contribution in [0.25, 0.3) is 5.69 Å². The van der Waals surface area contributed by atoms with Gasteiger partial charge in [-0.25, -0.2) is 13.5 Å². The largest absolute Gasteiger partial charge is 0.295 e. The summed E-state index contributed by atoms with van der Waals surface area (Å²) >= 11 is 1.22. The molecule has 2 aromatic heterocycles. The Hall–Kier alpha value is -3.46. The zero-order chi connectivity index (χ0) is 21.4. The number of amides is 1. The number of fused-ring (bicyclic) bond motifs is 1. The monoisotopic (exact) mass is 437 g/mol. The van der Waals surface area contributed by atoms with E-state index in [2.05, 4.69) is 20.6 Å². The second kappa shape index (κ2) is 7.99. The van der Waals surface area contributed by atoms with Crippen molar-refractivity contribution < 1.29 is 13.6 Å². The average Bonchev–Trinajstić information content (AvgIpc) is 3.46. The van der Waals surface area contributed by atoms with Gasteiger partial charge in [0.1, 0.15) is 22.3 Å². The van der Waals surface area contributed by atoms with E-state index in [4.69, 9.17) is 0 Å². The van der Waals surface area contributed by atoms with Crippen LogP contribution < -0.4 is 5.32 Å². The lowest BCUT2D eigenvalue weighted by Crippen LogP contribution is -2.15. The predicted octanol–water partition coefficient (Wildman–Crippen LogP) is 4.33. The van der Waals surface area contributed by atoms with Crippen molar-refractivity contribution in [3.05, 3.63) is 87.7 Å². The molecule has 31 heavy (non-hydrogen) atoms. The maximum Gasteiger partial charge on any atom is 0.278 e. The van der Waals surface area contributed by atoms with Gasteiger partial charge in [0, 0.05) is 17.7 Å². The van der Waals surface area contributed by atoms with Gasteiger partial charge in [0.05, 0.1) is 0 Å². The summed E-state index contributed by atoms with van der Waals surface area (Å²) in [6.07, 6.45) is 2.76. The molecule has 0 aliphatic heterocycles. The van der Waals surface area contributed by atoms with Gasteiger partial charge in [0.25, 0.3) is 5.91 Å². The molecule has 1 aliphatic carbocycles. The molecule has 2 aromatic carbocycles. The van der Waals surface area contributed by atoms with Gasteiger partial charge in [-0.2, -0.15) is 5.10 Å². The molecule has 0 fully saturated rings. The Morgan fingerprint density at radius 3 is 2.81 bits per heavy atom. The molecule has 6 nitrogen and oxygen atoms in total. The summed E-state index contributed by atoms with van der Waals surface area (Å²) in [7, 11) is 0. The van der Waals surface area contributed by atoms with E-state index < -0.39 is 11.7 Å². The third-order valence-corrected chi connectivity index (χ3v) is 6.00. The number of para-hydroxylation sites is 1. The fraction of sp³-hybridized carbons (Fsp3) is 0.182. The lowest BCUT2D eigenvalue weighted by molar-refractivity contribution is 0.102. The van der Waals surface area contributed by atoms with Gasteiger partial charge in [0.15, 0.2) is 5.69 Å². The molecular formula is C22H17F2N5OS. The van der Waals surface area contributed by atoms with Crippen molar-refractivity contribution in [2.45, 2.75) is 25.7 Å². The number of carbonyl (C=O) groups is 1. The molecule has 0 saturated heterocycles. The van der Waals surface area contributed by atoms with Crippen LogP contribution in [0.3, 0.4) is 0 Å². The Morgan fingerprint density at radius 2 is 1.97 bits per heavy atom. The first-order valence-electron chi connectivity index (χ1n) is 9.82. The van der Waals surface area contributed by atoms with E-state index in [1.54, 1.807) is 30.3 Å². The molecule has 4 aromatic rings. The maximum atomic E-state index is 14.3. The first-order valence-corrected chi connectivity index (χ1v) is 10.6. The second-order valence-electron chi connectivity index (χ2n) is 7.25. The van der Waals surface area contributed by atoms with Crippen LogP contribution in [0.15, 0.2) is 48.5 Å². The molecule has 1 amide bonds. The number of nitrogens with one attached hydrogen (secondary N) is 1. The van der Waals surface area contributed by atoms with Crippen molar-refractivity contribution >= 4 is 22.4 Å². The molecule has 1 N–H and O–H groups in total. The molecule has 1 aliphatic rings. The van der Waals surface area contributed by atoms with Crippen molar-refractivity contribution in [2.75, 3.05) is 5.32 Å². The number of carbonyl (C=O) groups excluding carboxylic acids is 1. The Bertz CT molecular complexity index is 1280. The minimum absolute atomic E-state index is 0.276. The zero-order valence-electron chi connectivity index (χ0n) is 16.3. The summed E-state index contributed by atoms with van der Waals surface area (Å²) < 4.78 is 29.2. The number of nitrogens with zero attached hydrogens (tertiary/aromatic N) is 4. The average molecular weight is 437 g/mol. The number of halogens is 2. The molecule has 9 heteroatoms. The normalized spacial score (nSPS) is 12.7. The summed E-state index contributed by atoms with van der Waals surface area (Å²) in [6, 6.07) is 12.6. The van der Waals surface area contributed by atoms with Crippen molar-refractivity contribution in [2.24, 2.45) is 0 Å². The van der Waals surface area contributed by atoms with Gasteiger partial charge >= 0.3 is 0 Å². The molecule has 0 unspecified atom stereocenters. The highest BCUT2D eigenvalue weighted by Crippen LogP contribution is 2.29. The fourth-order valence-electron chi connectivity index (χ4n) is 3.80. The van der Waals surface area contributed by atoms with Gasteiger partial charge in [0.2, 0.25) is 5.13 Å². The van der Waals surface area contributed by atoms with E-state index in [0.717, 1.165) is 29.7 Å². The Balaban J connectivity index is 1.38. The van der Waals surface area contributed by atoms with Crippen LogP contribution in [-0.4, -0.2) is 25.9 Å². The fourth-order valence-corrected chi connectivity index (χ4v) is 4.57. The molecule has 2 heterocycles. The van der Waals surface area contributed by atoms with E-state index in [1.165, 1.54) is 34.2 Å². The van der Waals surface area contributed by atoms with Crippen molar-refractivity contribution in [3.8, 4) is 5.69 Å². The van der Waals surface area contributed by atoms with Crippen LogP contribution >= 0.6 is 11.3 Å². The number of hydrogen-bond donors (Lipinski definition) is 1. The maximum absolute atomic E-state index is 14.3.